The van der Waals surface area contributed by atoms with Crippen LogP contribution in [0, 0.1) is 10.1 Å². The summed E-state index contributed by atoms with van der Waals surface area (Å²) < 4.78 is 8.36. The fraction of sp³-hybridized carbons (Fsp3) is 0.231. The van der Waals surface area contributed by atoms with Gasteiger partial charge in [0.1, 0.15) is 5.82 Å². The van der Waals surface area contributed by atoms with Gasteiger partial charge in [-0.05, 0) is 30.2 Å². The first-order valence-electron chi connectivity index (χ1n) is 12.2. The van der Waals surface area contributed by atoms with E-state index in [-0.39, 0.29) is 11.5 Å². The number of nitrogen functional groups attached to an aromatic ring is 1. The van der Waals surface area contributed by atoms with Crippen LogP contribution in [0.15, 0.2) is 67.5 Å². The Bertz CT molecular complexity index is 1480. The summed E-state index contributed by atoms with van der Waals surface area (Å²) in [5.74, 6) is -1.06. The third kappa shape index (κ3) is 6.42. The van der Waals surface area contributed by atoms with Gasteiger partial charge in [0.2, 0.25) is 5.82 Å². The summed E-state index contributed by atoms with van der Waals surface area (Å²) in [7, 11) is 1.18. The van der Waals surface area contributed by atoms with Gasteiger partial charge in [0.05, 0.1) is 30.5 Å². The number of rotatable bonds is 12. The van der Waals surface area contributed by atoms with Gasteiger partial charge in [0, 0.05) is 55.2 Å². The molecule has 0 saturated carbocycles. The Morgan fingerprint density at radius 1 is 1.20 bits per heavy atom. The lowest BCUT2D eigenvalue weighted by atomic mass is 10.0. The standard InChI is InChI=1S/C26H28N8O6/c1-40-26(37)21(15-35)30-25(36)20-14-32(11-2-9-29-23-8-7-22(34(38)39)24(27)31-23)13-19(20)17-3-5-18(6-4-17)33-12-10-28-16-33/h3-8,10,12-14,16,21,35H,2,9,11,15H2,1H3,(H,30,36)(H3,27,29,31)/t21-/m0/s1. The quantitative estimate of drug-likeness (QED) is 0.0880. The Morgan fingerprint density at radius 2 is 1.98 bits per heavy atom. The van der Waals surface area contributed by atoms with Crippen LogP contribution in [0.3, 0.4) is 0 Å². The maximum absolute atomic E-state index is 13.2. The molecule has 0 spiro atoms. The lowest BCUT2D eigenvalue weighted by Gasteiger charge is -2.14. The molecule has 0 aliphatic carbocycles. The summed E-state index contributed by atoms with van der Waals surface area (Å²) in [6.07, 6.45) is 9.30. The maximum atomic E-state index is 13.2. The number of methoxy groups -OCH3 is 1. The zero-order valence-corrected chi connectivity index (χ0v) is 21.6. The van der Waals surface area contributed by atoms with Gasteiger partial charge in [-0.25, -0.2) is 14.8 Å². The zero-order valence-electron chi connectivity index (χ0n) is 21.6. The van der Waals surface area contributed by atoms with Crippen molar-refractivity contribution in [2.45, 2.75) is 19.0 Å². The van der Waals surface area contributed by atoms with E-state index in [9.17, 15) is 24.8 Å². The smallest absolute Gasteiger partial charge is 0.330 e. The molecule has 0 aliphatic heterocycles. The largest absolute Gasteiger partial charge is 0.467 e. The molecule has 0 saturated heterocycles. The van der Waals surface area contributed by atoms with Crippen LogP contribution in [0.1, 0.15) is 16.8 Å². The Labute approximate surface area is 228 Å². The Hall–Kier alpha value is -5.24. The molecular weight excluding hydrogens is 520 g/mol. The number of benzene rings is 1. The third-order valence-corrected chi connectivity index (χ3v) is 6.08. The van der Waals surface area contributed by atoms with Gasteiger partial charge in [-0.15, -0.1) is 0 Å². The molecule has 3 aromatic heterocycles. The number of nitrogens with zero attached hydrogens (tertiary/aromatic N) is 5. The Kier molecular flexibility index (Phi) is 8.71. The molecule has 0 radical (unpaired) electrons. The first-order valence-corrected chi connectivity index (χ1v) is 12.2. The van der Waals surface area contributed by atoms with Crippen LogP contribution in [0.4, 0.5) is 17.3 Å². The van der Waals surface area contributed by atoms with E-state index < -0.39 is 29.4 Å². The normalized spacial score (nSPS) is 11.6. The van der Waals surface area contributed by atoms with Crippen molar-refractivity contribution in [2.24, 2.45) is 0 Å². The highest BCUT2D eigenvalue weighted by Gasteiger charge is 2.24. The van der Waals surface area contributed by atoms with Crippen LogP contribution >= 0.6 is 0 Å². The minimum absolute atomic E-state index is 0.173. The molecule has 0 fully saturated rings. The molecule has 4 rings (SSSR count). The molecule has 1 amide bonds. The molecule has 0 bridgehead atoms. The van der Waals surface area contributed by atoms with Crippen molar-refractivity contribution >= 4 is 29.2 Å². The summed E-state index contributed by atoms with van der Waals surface area (Å²) >= 11 is 0. The fourth-order valence-corrected chi connectivity index (χ4v) is 4.03. The summed E-state index contributed by atoms with van der Waals surface area (Å²) in [4.78, 5) is 43.5. The zero-order chi connectivity index (χ0) is 28.6. The molecule has 1 aromatic carbocycles. The fourth-order valence-electron chi connectivity index (χ4n) is 4.03. The van der Waals surface area contributed by atoms with Gasteiger partial charge in [-0.1, -0.05) is 12.1 Å². The SMILES string of the molecule is COC(=O)[C@H](CO)NC(=O)c1cn(CCCNc2ccc([N+](=O)[O-])c(N)n2)cc1-c1ccc(-n2ccnc2)cc1. The van der Waals surface area contributed by atoms with Crippen molar-refractivity contribution in [2.75, 3.05) is 31.3 Å². The van der Waals surface area contributed by atoms with Crippen molar-refractivity contribution in [3.05, 3.63) is 83.2 Å². The van der Waals surface area contributed by atoms with Crippen molar-refractivity contribution < 1.29 is 24.4 Å². The summed E-state index contributed by atoms with van der Waals surface area (Å²) in [5.41, 5.74) is 8.00. The predicted molar refractivity (Wildman–Crippen MR) is 146 cm³/mol. The number of esters is 1. The molecule has 14 nitrogen and oxygen atoms in total. The number of nitrogens with one attached hydrogen (secondary N) is 2. The van der Waals surface area contributed by atoms with E-state index in [1.807, 2.05) is 45.8 Å². The molecular formula is C26H28N8O6. The van der Waals surface area contributed by atoms with E-state index in [1.165, 1.54) is 19.2 Å². The number of nitrogens with two attached hydrogens (primary N) is 1. The first-order chi connectivity index (χ1) is 19.3. The molecule has 0 aliphatic rings. The average molecular weight is 549 g/mol. The van der Waals surface area contributed by atoms with Crippen LogP contribution in [0.25, 0.3) is 16.8 Å². The highest BCUT2D eigenvalue weighted by Crippen LogP contribution is 2.27. The Balaban J connectivity index is 1.51. The molecule has 3 heterocycles. The summed E-state index contributed by atoms with van der Waals surface area (Å²) in [5, 5.41) is 26.1. The van der Waals surface area contributed by atoms with Gasteiger partial charge < -0.3 is 35.3 Å². The van der Waals surface area contributed by atoms with Crippen LogP contribution in [-0.4, -0.2) is 67.3 Å². The number of carbonyl (C=O) groups is 2. The lowest BCUT2D eigenvalue weighted by molar-refractivity contribution is -0.384. The van der Waals surface area contributed by atoms with Crippen molar-refractivity contribution in [1.82, 2.24) is 24.4 Å². The first kappa shape index (κ1) is 27.8. The average Bonchev–Trinajstić information content (AvgIpc) is 3.64. The van der Waals surface area contributed by atoms with Crippen molar-refractivity contribution in [1.29, 1.82) is 0 Å². The van der Waals surface area contributed by atoms with Gasteiger partial charge in [-0.2, -0.15) is 0 Å². The number of nitro groups is 1. The molecule has 208 valence electrons. The number of ether oxygens (including phenoxy) is 1. The minimum atomic E-state index is -1.21. The van der Waals surface area contributed by atoms with E-state index in [0.29, 0.717) is 36.5 Å². The van der Waals surface area contributed by atoms with E-state index in [2.05, 4.69) is 25.3 Å². The maximum Gasteiger partial charge on any atom is 0.330 e. The number of aromatic nitrogens is 4. The molecule has 1 atom stereocenters. The summed E-state index contributed by atoms with van der Waals surface area (Å²) in [6, 6.07) is 9.12. The number of carbonyl (C=O) groups excluding carboxylic acids is 2. The second kappa shape index (κ2) is 12.5. The van der Waals surface area contributed by atoms with Crippen molar-refractivity contribution in [3.63, 3.8) is 0 Å². The van der Waals surface area contributed by atoms with Crippen LogP contribution in [0.5, 0.6) is 0 Å². The van der Waals surface area contributed by atoms with Crippen LogP contribution in [-0.2, 0) is 16.1 Å². The Morgan fingerprint density at radius 3 is 2.60 bits per heavy atom. The number of aliphatic hydroxyl groups is 1. The number of hydrogen-bond acceptors (Lipinski definition) is 10. The number of aliphatic hydroxyl groups excluding tert-OH is 1. The highest BCUT2D eigenvalue weighted by molar-refractivity contribution is 6.02. The number of amides is 1. The highest BCUT2D eigenvalue weighted by atomic mass is 16.6. The lowest BCUT2D eigenvalue weighted by Crippen LogP contribution is -2.44. The van der Waals surface area contributed by atoms with Crippen LogP contribution in [0.2, 0.25) is 0 Å². The summed E-state index contributed by atoms with van der Waals surface area (Å²) in [6.45, 7) is 0.387. The molecule has 5 N–H and O–H groups in total. The number of imidazole rings is 1. The molecule has 14 heteroatoms. The predicted octanol–water partition coefficient (Wildman–Crippen LogP) is 1.99. The van der Waals surface area contributed by atoms with E-state index in [0.717, 1.165) is 11.3 Å². The second-order valence-electron chi connectivity index (χ2n) is 8.71. The van der Waals surface area contributed by atoms with E-state index in [1.54, 1.807) is 18.7 Å². The number of anilines is 2. The molecule has 4 aromatic rings. The van der Waals surface area contributed by atoms with Gasteiger partial charge >= 0.3 is 11.7 Å². The van der Waals surface area contributed by atoms with Gasteiger partial charge in [0.15, 0.2) is 6.04 Å². The third-order valence-electron chi connectivity index (χ3n) is 6.08. The number of pyridine rings is 1. The molecule has 0 unspecified atom stereocenters. The second-order valence-corrected chi connectivity index (χ2v) is 8.71. The topological polar surface area (TPSA) is 192 Å². The van der Waals surface area contributed by atoms with Gasteiger partial charge in [-0.3, -0.25) is 14.9 Å². The number of hydrogen-bond donors (Lipinski definition) is 4. The number of aryl methyl sites for hydroxylation is 1. The van der Waals surface area contributed by atoms with Gasteiger partial charge in [0.25, 0.3) is 5.91 Å². The minimum Gasteiger partial charge on any atom is -0.467 e. The van der Waals surface area contributed by atoms with E-state index in [4.69, 9.17) is 5.73 Å². The molecule has 40 heavy (non-hydrogen) atoms. The van der Waals surface area contributed by atoms with Crippen molar-refractivity contribution in [3.8, 4) is 16.8 Å². The van der Waals surface area contributed by atoms with Crippen LogP contribution < -0.4 is 16.4 Å². The van der Waals surface area contributed by atoms with E-state index >= 15 is 0 Å². The monoisotopic (exact) mass is 548 g/mol.